The molecule has 1 aliphatic heterocycles. The van der Waals surface area contributed by atoms with E-state index in [4.69, 9.17) is 20.1 Å². The SMILES string of the molecule is Cc1cccc(C)c1[N]1[C](CC(C)(C)C2C=Cc3ccccc32)(c2ccccc2)[Cr]1([Cl])[Cl]. The van der Waals surface area contributed by atoms with Gasteiger partial charge in [-0.1, -0.05) is 0 Å². The number of para-hydroxylation sites is 1. The van der Waals surface area contributed by atoms with Gasteiger partial charge in [0.2, 0.25) is 0 Å². The molecule has 3 aromatic rings. The fourth-order valence-corrected chi connectivity index (χ4v) is 13.2. The molecule has 2 unspecified atom stereocenters. The Hall–Kier alpha value is -1.69. The Labute approximate surface area is 203 Å². The fraction of sp³-hybridized carbons (Fsp3) is 0.286. The van der Waals surface area contributed by atoms with Crippen molar-refractivity contribution >= 4 is 31.9 Å². The standard InChI is InChI=1S/C28H29N.2ClH.Cr/c1-20-11-10-12-21(2)27(20)29-26(23-14-6-5-7-15-23)19-28(3,4)25-18-17-22-13-8-9-16-24(22)25;;;/h5-18,25H,19H2,1-4H3;2*1H;/q-1;;;+3/p-2. The molecule has 1 nitrogen and oxygen atoms in total. The molecule has 32 heavy (non-hydrogen) atoms. The Bertz CT molecular complexity index is 1180. The van der Waals surface area contributed by atoms with Crippen LogP contribution in [0.25, 0.3) is 6.08 Å². The van der Waals surface area contributed by atoms with Crippen molar-refractivity contribution in [2.45, 2.75) is 44.4 Å². The monoisotopic (exact) mass is 501 g/mol. The summed E-state index contributed by atoms with van der Waals surface area (Å²) >= 11 is -3.04. The average molecular weight is 502 g/mol. The third-order valence-electron chi connectivity index (χ3n) is 7.14. The van der Waals surface area contributed by atoms with E-state index in [1.807, 2.05) is 0 Å². The van der Waals surface area contributed by atoms with Crippen LogP contribution in [0.2, 0.25) is 0 Å². The van der Waals surface area contributed by atoms with Gasteiger partial charge in [0.1, 0.15) is 0 Å². The minimum atomic E-state index is -3.04. The normalized spacial score (nSPS) is 24.3. The molecule has 5 rings (SSSR count). The van der Waals surface area contributed by atoms with Gasteiger partial charge in [-0.15, -0.1) is 0 Å². The van der Waals surface area contributed by atoms with Crippen molar-refractivity contribution in [3.63, 3.8) is 0 Å². The molecule has 166 valence electrons. The molecule has 0 N–H and O–H groups in total. The van der Waals surface area contributed by atoms with Crippen molar-refractivity contribution in [1.82, 2.24) is 0 Å². The summed E-state index contributed by atoms with van der Waals surface area (Å²) in [5.74, 6) is 0.334. The zero-order chi connectivity index (χ0) is 22.7. The van der Waals surface area contributed by atoms with Gasteiger partial charge in [-0.2, -0.15) is 0 Å². The van der Waals surface area contributed by atoms with Crippen molar-refractivity contribution in [3.8, 4) is 0 Å². The van der Waals surface area contributed by atoms with Crippen LogP contribution in [0.1, 0.15) is 54.0 Å². The van der Waals surface area contributed by atoms with E-state index in [0.717, 1.165) is 6.42 Å². The van der Waals surface area contributed by atoms with E-state index in [-0.39, 0.29) is 9.82 Å². The van der Waals surface area contributed by atoms with Gasteiger partial charge >= 0.3 is 204 Å². The molecule has 1 heterocycles. The summed E-state index contributed by atoms with van der Waals surface area (Å²) in [7, 11) is 14.8. The van der Waals surface area contributed by atoms with Crippen LogP contribution in [0.3, 0.4) is 0 Å². The summed E-state index contributed by atoms with van der Waals surface area (Å²) in [5.41, 5.74) is 7.60. The Kier molecular flexibility index (Phi) is 5.31. The number of anilines is 1. The molecule has 1 fully saturated rings. The Balaban J connectivity index is 1.63. The molecule has 2 atom stereocenters. The minimum absolute atomic E-state index is 0.0311. The van der Waals surface area contributed by atoms with E-state index in [9.17, 15) is 0 Å². The number of allylic oxidation sites excluding steroid dienone is 1. The van der Waals surface area contributed by atoms with Crippen LogP contribution in [-0.4, -0.2) is 0 Å². The van der Waals surface area contributed by atoms with Crippen LogP contribution in [0.4, 0.5) is 5.69 Å². The molecular weight excluding hydrogens is 473 g/mol. The van der Waals surface area contributed by atoms with Gasteiger partial charge in [-0.3, -0.25) is 0 Å². The van der Waals surface area contributed by atoms with Gasteiger partial charge in [-0.25, -0.2) is 0 Å². The van der Waals surface area contributed by atoms with Crippen LogP contribution in [0.5, 0.6) is 0 Å². The first kappa shape index (κ1) is 22.1. The molecule has 1 aliphatic carbocycles. The fourth-order valence-electron chi connectivity index (χ4n) is 5.57. The number of benzene rings is 3. The first-order chi connectivity index (χ1) is 15.2. The molecule has 0 radical (unpaired) electrons. The van der Waals surface area contributed by atoms with E-state index in [1.54, 1.807) is 0 Å². The first-order valence-corrected chi connectivity index (χ1v) is 15.8. The van der Waals surface area contributed by atoms with Crippen LogP contribution >= 0.6 is 20.1 Å². The number of aryl methyl sites for hydroxylation is 2. The number of nitrogens with zero attached hydrogens (tertiary/aromatic N) is 1. The summed E-state index contributed by atoms with van der Waals surface area (Å²) < 4.78 is 2.05. The summed E-state index contributed by atoms with van der Waals surface area (Å²) in [5, 5.41) is 0. The summed E-state index contributed by atoms with van der Waals surface area (Å²) in [6.07, 6.45) is 5.53. The molecule has 0 spiro atoms. The summed E-state index contributed by atoms with van der Waals surface area (Å²) in [4.78, 5) is 0. The predicted molar refractivity (Wildman–Crippen MR) is 135 cm³/mol. The van der Waals surface area contributed by atoms with E-state index in [1.165, 1.54) is 33.5 Å². The van der Waals surface area contributed by atoms with Crippen molar-refractivity contribution in [3.05, 3.63) is 107 Å². The maximum absolute atomic E-state index is 7.39. The second kappa shape index (κ2) is 7.68. The van der Waals surface area contributed by atoms with Gasteiger partial charge in [0, 0.05) is 0 Å². The third kappa shape index (κ3) is 3.19. The number of halogens is 2. The third-order valence-corrected chi connectivity index (χ3v) is 13.7. The zero-order valence-corrected chi connectivity index (χ0v) is 21.8. The van der Waals surface area contributed by atoms with Crippen molar-refractivity contribution < 1.29 is 11.5 Å². The van der Waals surface area contributed by atoms with E-state index in [0.29, 0.717) is 5.92 Å². The Morgan fingerprint density at radius 1 is 0.875 bits per heavy atom. The molecule has 1 saturated heterocycles. The van der Waals surface area contributed by atoms with Crippen molar-refractivity contribution in [2.24, 2.45) is 5.41 Å². The number of fused-ring (bicyclic) bond motifs is 1. The van der Waals surface area contributed by atoms with Gasteiger partial charge in [0.15, 0.2) is 0 Å². The second-order valence-electron chi connectivity index (χ2n) is 9.76. The van der Waals surface area contributed by atoms with E-state index < -0.39 is 11.5 Å². The first-order valence-electron chi connectivity index (χ1n) is 11.1. The van der Waals surface area contributed by atoms with Gasteiger partial charge in [0.05, 0.1) is 0 Å². The number of hydrogen-bond acceptors (Lipinski definition) is 1. The molecule has 0 amide bonds. The average Bonchev–Trinajstić information content (AvgIpc) is 3.05. The van der Waals surface area contributed by atoms with Crippen molar-refractivity contribution in [2.75, 3.05) is 3.88 Å². The van der Waals surface area contributed by atoms with Gasteiger partial charge < -0.3 is 0 Å². The molecule has 3 aromatic carbocycles. The second-order valence-corrected chi connectivity index (χ2v) is 17.1. The molecule has 0 saturated carbocycles. The molecule has 4 heteroatoms. The molecular formula is C28H29Cl2CrN. The van der Waals surface area contributed by atoms with Gasteiger partial charge in [0.25, 0.3) is 0 Å². The Morgan fingerprint density at radius 2 is 1.50 bits per heavy atom. The summed E-state index contributed by atoms with van der Waals surface area (Å²) in [6.45, 7) is 9.07. The van der Waals surface area contributed by atoms with Gasteiger partial charge in [-0.05, 0) is 0 Å². The number of hydrogen-bond donors (Lipinski definition) is 0. The van der Waals surface area contributed by atoms with Crippen LogP contribution < -0.4 is 3.88 Å². The van der Waals surface area contributed by atoms with Crippen LogP contribution in [-0.2, 0) is 15.9 Å². The zero-order valence-electron chi connectivity index (χ0n) is 19.0. The quantitative estimate of drug-likeness (QED) is 0.316. The molecule has 2 aliphatic rings. The van der Waals surface area contributed by atoms with Crippen molar-refractivity contribution in [1.29, 1.82) is 0 Å². The summed E-state index contributed by atoms with van der Waals surface area (Å²) in [6, 6.07) is 25.9. The maximum atomic E-state index is 7.39. The Morgan fingerprint density at radius 3 is 2.19 bits per heavy atom. The van der Waals surface area contributed by atoms with E-state index >= 15 is 0 Å². The van der Waals surface area contributed by atoms with Crippen LogP contribution in [0.15, 0.2) is 78.9 Å². The molecule has 0 aromatic heterocycles. The van der Waals surface area contributed by atoms with Crippen LogP contribution in [0, 0.1) is 19.3 Å². The van der Waals surface area contributed by atoms with E-state index in [2.05, 4.69) is 117 Å². The number of rotatable bonds is 5. The topological polar surface area (TPSA) is 3.01 Å². The molecule has 0 bridgehead atoms. The predicted octanol–water partition coefficient (Wildman–Crippen LogP) is 8.58.